The summed E-state index contributed by atoms with van der Waals surface area (Å²) in [5.41, 5.74) is -0.270. The van der Waals surface area contributed by atoms with Crippen molar-refractivity contribution in [2.24, 2.45) is 0 Å². The molecule has 1 unspecified atom stereocenters. The van der Waals surface area contributed by atoms with E-state index in [9.17, 15) is 14.7 Å². The lowest BCUT2D eigenvalue weighted by molar-refractivity contribution is -0.121. The van der Waals surface area contributed by atoms with Gasteiger partial charge < -0.3 is 5.11 Å². The average Bonchev–Trinajstić information content (AvgIpc) is 2.69. The van der Waals surface area contributed by atoms with E-state index in [0.29, 0.717) is 25.1 Å². The minimum Gasteiger partial charge on any atom is -0.389 e. The summed E-state index contributed by atoms with van der Waals surface area (Å²) in [6, 6.07) is 8.62. The van der Waals surface area contributed by atoms with Crippen molar-refractivity contribution in [1.82, 2.24) is 10.2 Å². The third kappa shape index (κ3) is 3.87. The quantitative estimate of drug-likeness (QED) is 0.827. The van der Waals surface area contributed by atoms with E-state index in [2.05, 4.69) is 5.32 Å². The number of nitrogens with one attached hydrogen (secondary N) is 1. The largest absolute Gasteiger partial charge is 0.389 e. The van der Waals surface area contributed by atoms with Crippen molar-refractivity contribution in [3.8, 4) is 0 Å². The van der Waals surface area contributed by atoms with Crippen LogP contribution < -0.4 is 5.32 Å². The fourth-order valence-electron chi connectivity index (χ4n) is 2.20. The van der Waals surface area contributed by atoms with E-state index in [0.717, 1.165) is 0 Å². The number of hydrogen-bond acceptors (Lipinski definition) is 4. The van der Waals surface area contributed by atoms with Gasteiger partial charge in [0.05, 0.1) is 12.1 Å². The second kappa shape index (κ2) is 5.50. The third-order valence-electron chi connectivity index (χ3n) is 3.19. The highest BCUT2D eigenvalue weighted by Crippen LogP contribution is 2.19. The molecule has 0 radical (unpaired) electrons. The van der Waals surface area contributed by atoms with Crippen LogP contribution in [0.4, 0.5) is 0 Å². The topological polar surface area (TPSA) is 69.6 Å². The molecular formula is C14H18N2O3. The van der Waals surface area contributed by atoms with E-state index < -0.39 is 11.5 Å². The number of aliphatic hydroxyl groups is 1. The molecule has 5 nitrogen and oxygen atoms in total. The second-order valence-corrected chi connectivity index (χ2v) is 5.20. The normalized spacial score (nSPS) is 23.3. The zero-order valence-corrected chi connectivity index (χ0v) is 10.9. The molecule has 5 heteroatoms. The van der Waals surface area contributed by atoms with Gasteiger partial charge >= 0.3 is 0 Å². The molecule has 0 saturated carbocycles. The van der Waals surface area contributed by atoms with E-state index in [1.807, 2.05) is 11.0 Å². The number of carbonyl (C=O) groups is 2. The Hall–Kier alpha value is -1.72. The van der Waals surface area contributed by atoms with Crippen LogP contribution in [0.2, 0.25) is 0 Å². The number of β-amino-alcohol motifs (C(OH)–C–C–N with tert-alkyl or cyclic N) is 1. The smallest absolute Gasteiger partial charge is 0.257 e. The summed E-state index contributed by atoms with van der Waals surface area (Å²) in [6.07, 6.45) is 0.646. The summed E-state index contributed by atoms with van der Waals surface area (Å²) in [5, 5.41) is 12.1. The van der Waals surface area contributed by atoms with Crippen LogP contribution in [0.15, 0.2) is 30.3 Å². The van der Waals surface area contributed by atoms with Gasteiger partial charge in [-0.05, 0) is 25.5 Å². The molecule has 0 aliphatic carbocycles. The summed E-state index contributed by atoms with van der Waals surface area (Å²) in [4.78, 5) is 25.3. The van der Waals surface area contributed by atoms with Gasteiger partial charge in [-0.3, -0.25) is 19.8 Å². The molecule has 1 atom stereocenters. The number of imide groups is 1. The van der Waals surface area contributed by atoms with Crippen LogP contribution in [0.5, 0.6) is 0 Å². The summed E-state index contributed by atoms with van der Waals surface area (Å²) in [5.74, 6) is -0.733. The molecule has 1 aromatic carbocycles. The Bertz CT molecular complexity index is 471. The lowest BCUT2D eigenvalue weighted by Gasteiger charge is -2.18. The van der Waals surface area contributed by atoms with Gasteiger partial charge in [-0.25, -0.2) is 0 Å². The molecule has 2 rings (SSSR count). The zero-order chi connectivity index (χ0) is 13.9. The Labute approximate surface area is 112 Å². The van der Waals surface area contributed by atoms with E-state index in [1.54, 1.807) is 31.2 Å². The van der Waals surface area contributed by atoms with Gasteiger partial charge in [0.15, 0.2) is 0 Å². The Balaban J connectivity index is 1.84. The fourth-order valence-corrected chi connectivity index (χ4v) is 2.20. The molecule has 102 valence electrons. The third-order valence-corrected chi connectivity index (χ3v) is 3.19. The van der Waals surface area contributed by atoms with Crippen LogP contribution in [0.3, 0.4) is 0 Å². The minimum atomic E-state index is -0.732. The van der Waals surface area contributed by atoms with Crippen LogP contribution in [0, 0.1) is 0 Å². The minimum absolute atomic E-state index is 0.134. The first kappa shape index (κ1) is 13.7. The maximum Gasteiger partial charge on any atom is 0.257 e. The first-order chi connectivity index (χ1) is 8.96. The highest BCUT2D eigenvalue weighted by Gasteiger charge is 2.32. The van der Waals surface area contributed by atoms with Gasteiger partial charge in [0.1, 0.15) is 0 Å². The Morgan fingerprint density at radius 3 is 2.63 bits per heavy atom. The van der Waals surface area contributed by atoms with Gasteiger partial charge in [0.25, 0.3) is 5.91 Å². The maximum absolute atomic E-state index is 11.8. The van der Waals surface area contributed by atoms with Crippen molar-refractivity contribution < 1.29 is 14.7 Å². The van der Waals surface area contributed by atoms with Crippen LogP contribution in [-0.2, 0) is 4.79 Å². The second-order valence-electron chi connectivity index (χ2n) is 5.20. The lowest BCUT2D eigenvalue weighted by Crippen LogP contribution is -2.40. The molecule has 1 heterocycles. The molecule has 1 fully saturated rings. The molecule has 19 heavy (non-hydrogen) atoms. The Kier molecular flexibility index (Phi) is 3.97. The fraction of sp³-hybridized carbons (Fsp3) is 0.429. The predicted octanol–water partition coefficient (Wildman–Crippen LogP) is 0.400. The van der Waals surface area contributed by atoms with Gasteiger partial charge in [-0.1, -0.05) is 18.2 Å². The van der Waals surface area contributed by atoms with Crippen molar-refractivity contribution in [2.75, 3.05) is 19.6 Å². The van der Waals surface area contributed by atoms with Gasteiger partial charge in [-0.2, -0.15) is 0 Å². The zero-order valence-electron chi connectivity index (χ0n) is 10.9. The lowest BCUT2D eigenvalue weighted by atomic mass is 10.1. The summed E-state index contributed by atoms with van der Waals surface area (Å²) in [6.45, 7) is 3.01. The standard InChI is InChI=1S/C14H18N2O3/c1-14(19)7-8-16(10-14)9-12(17)15-13(18)11-5-3-2-4-6-11/h2-6,19H,7-10H2,1H3,(H,15,17,18). The monoisotopic (exact) mass is 262 g/mol. The first-order valence-corrected chi connectivity index (χ1v) is 6.30. The number of amides is 2. The van der Waals surface area contributed by atoms with Crippen LogP contribution in [0.25, 0.3) is 0 Å². The predicted molar refractivity (Wildman–Crippen MR) is 70.6 cm³/mol. The Morgan fingerprint density at radius 1 is 1.37 bits per heavy atom. The van der Waals surface area contributed by atoms with Crippen LogP contribution in [0.1, 0.15) is 23.7 Å². The first-order valence-electron chi connectivity index (χ1n) is 6.30. The number of benzene rings is 1. The molecule has 0 aromatic heterocycles. The summed E-state index contributed by atoms with van der Waals surface area (Å²) in [7, 11) is 0. The van der Waals surface area contributed by atoms with Gasteiger partial charge in [0, 0.05) is 18.7 Å². The molecular weight excluding hydrogens is 244 g/mol. The number of rotatable bonds is 3. The number of hydrogen-bond donors (Lipinski definition) is 2. The Morgan fingerprint density at radius 2 is 2.05 bits per heavy atom. The molecule has 1 aromatic rings. The SMILES string of the molecule is CC1(O)CCN(CC(=O)NC(=O)c2ccccc2)C1. The van der Waals surface area contributed by atoms with Crippen molar-refractivity contribution in [3.05, 3.63) is 35.9 Å². The molecule has 1 aliphatic heterocycles. The molecule has 0 bridgehead atoms. The summed E-state index contributed by atoms with van der Waals surface area (Å²) >= 11 is 0. The van der Waals surface area contributed by atoms with E-state index in [1.165, 1.54) is 0 Å². The van der Waals surface area contributed by atoms with E-state index in [-0.39, 0.29) is 12.5 Å². The number of likely N-dealkylation sites (tertiary alicyclic amines) is 1. The van der Waals surface area contributed by atoms with Crippen molar-refractivity contribution in [1.29, 1.82) is 0 Å². The van der Waals surface area contributed by atoms with Crippen LogP contribution in [-0.4, -0.2) is 47.1 Å². The van der Waals surface area contributed by atoms with Crippen LogP contribution >= 0.6 is 0 Å². The van der Waals surface area contributed by atoms with Gasteiger partial charge in [-0.15, -0.1) is 0 Å². The van der Waals surface area contributed by atoms with Gasteiger partial charge in [0.2, 0.25) is 5.91 Å². The molecule has 1 aliphatic rings. The highest BCUT2D eigenvalue weighted by atomic mass is 16.3. The van der Waals surface area contributed by atoms with Crippen molar-refractivity contribution in [3.63, 3.8) is 0 Å². The summed E-state index contributed by atoms with van der Waals surface area (Å²) < 4.78 is 0. The van der Waals surface area contributed by atoms with Crippen molar-refractivity contribution >= 4 is 11.8 Å². The van der Waals surface area contributed by atoms with Crippen molar-refractivity contribution in [2.45, 2.75) is 18.9 Å². The van der Waals surface area contributed by atoms with E-state index >= 15 is 0 Å². The molecule has 2 N–H and O–H groups in total. The molecule has 1 saturated heterocycles. The van der Waals surface area contributed by atoms with E-state index in [4.69, 9.17) is 0 Å². The molecule has 0 spiro atoms. The average molecular weight is 262 g/mol. The highest BCUT2D eigenvalue weighted by molar-refractivity contribution is 6.05. The number of carbonyl (C=O) groups excluding carboxylic acids is 2. The maximum atomic E-state index is 11.8. The number of nitrogens with zero attached hydrogens (tertiary/aromatic N) is 1. The molecule has 2 amide bonds.